The number of nitrogens with zero attached hydrogens (tertiary/aromatic N) is 1. The molecule has 0 aliphatic heterocycles. The second-order valence-corrected chi connectivity index (χ2v) is 5.18. The van der Waals surface area contributed by atoms with Gasteiger partial charge in [-0.3, -0.25) is 4.79 Å². The van der Waals surface area contributed by atoms with Crippen molar-refractivity contribution in [1.82, 2.24) is 0 Å². The Labute approximate surface area is 125 Å². The van der Waals surface area contributed by atoms with Crippen molar-refractivity contribution in [2.45, 2.75) is 26.2 Å². The number of carbonyl (C=O) groups is 1. The van der Waals surface area contributed by atoms with Gasteiger partial charge in [-0.05, 0) is 48.6 Å². The zero-order valence-electron chi connectivity index (χ0n) is 12.4. The van der Waals surface area contributed by atoms with E-state index >= 15 is 0 Å². The first-order valence-corrected chi connectivity index (χ1v) is 7.08. The third kappa shape index (κ3) is 3.63. The van der Waals surface area contributed by atoms with E-state index in [1.807, 2.05) is 31.2 Å². The summed E-state index contributed by atoms with van der Waals surface area (Å²) < 4.78 is 10.6. The predicted octanol–water partition coefficient (Wildman–Crippen LogP) is 3.37. The highest BCUT2D eigenvalue weighted by Gasteiger charge is 2.22. The Hall–Kier alpha value is -2.28. The molecule has 1 aliphatic rings. The van der Waals surface area contributed by atoms with E-state index in [1.54, 1.807) is 13.2 Å². The van der Waals surface area contributed by atoms with E-state index < -0.39 is 0 Å². The summed E-state index contributed by atoms with van der Waals surface area (Å²) >= 11 is 0. The van der Waals surface area contributed by atoms with E-state index in [1.165, 1.54) is 0 Å². The number of hydrogen-bond donors (Lipinski definition) is 0. The number of rotatable bonds is 4. The average Bonchev–Trinajstić information content (AvgIpc) is 2.50. The lowest BCUT2D eigenvalue weighted by Crippen LogP contribution is -2.18. The smallest absolute Gasteiger partial charge is 0.174 e. The summed E-state index contributed by atoms with van der Waals surface area (Å²) in [6, 6.07) is 7.38. The van der Waals surface area contributed by atoms with Crippen molar-refractivity contribution in [3.63, 3.8) is 0 Å². The molecule has 1 aromatic rings. The van der Waals surface area contributed by atoms with Gasteiger partial charge in [0.05, 0.1) is 7.11 Å². The molecule has 110 valence electrons. The third-order valence-electron chi connectivity index (χ3n) is 3.67. The zero-order chi connectivity index (χ0) is 15.2. The minimum absolute atomic E-state index is 0.0210. The number of Topliss-reactive ketones (excluding diaryl/α,β-unsaturated/α-hetero) is 1. The van der Waals surface area contributed by atoms with Crippen LogP contribution in [0.2, 0.25) is 0 Å². The van der Waals surface area contributed by atoms with Crippen LogP contribution in [0.5, 0.6) is 11.5 Å². The van der Waals surface area contributed by atoms with Crippen LogP contribution in [0, 0.1) is 17.2 Å². The summed E-state index contributed by atoms with van der Waals surface area (Å²) in [5, 5.41) is 8.55. The van der Waals surface area contributed by atoms with E-state index in [0.717, 1.165) is 30.4 Å². The highest BCUT2D eigenvalue weighted by Crippen LogP contribution is 2.31. The second-order valence-electron chi connectivity index (χ2n) is 5.18. The average molecular weight is 285 g/mol. The molecule has 2 rings (SSSR count). The van der Waals surface area contributed by atoms with Crippen LogP contribution in [0.3, 0.4) is 0 Å². The summed E-state index contributed by atoms with van der Waals surface area (Å²) in [5.74, 6) is 1.45. The summed E-state index contributed by atoms with van der Waals surface area (Å²) in [6.07, 6.45) is 4.78. The fraction of sp³-hybridized carbons (Fsp3) is 0.412. The number of benzene rings is 1. The van der Waals surface area contributed by atoms with Crippen molar-refractivity contribution in [2.75, 3.05) is 13.7 Å². The van der Waals surface area contributed by atoms with E-state index in [-0.39, 0.29) is 18.3 Å². The Kier molecular flexibility index (Phi) is 4.99. The highest BCUT2D eigenvalue weighted by atomic mass is 16.5. The fourth-order valence-electron chi connectivity index (χ4n) is 2.52. The van der Waals surface area contributed by atoms with Crippen LogP contribution in [0.15, 0.2) is 23.8 Å². The lowest BCUT2D eigenvalue weighted by Gasteiger charge is -2.19. The molecule has 4 nitrogen and oxygen atoms in total. The maximum Gasteiger partial charge on any atom is 0.174 e. The lowest BCUT2D eigenvalue weighted by atomic mass is 9.84. The number of methoxy groups -OCH3 is 1. The summed E-state index contributed by atoms with van der Waals surface area (Å²) in [4.78, 5) is 12.1. The van der Waals surface area contributed by atoms with E-state index in [0.29, 0.717) is 11.5 Å². The molecule has 0 heterocycles. The number of carbonyl (C=O) groups excluding carboxylic acids is 1. The van der Waals surface area contributed by atoms with Crippen molar-refractivity contribution in [2.24, 2.45) is 5.92 Å². The van der Waals surface area contributed by atoms with Gasteiger partial charge in [0.25, 0.3) is 0 Å². The molecule has 0 aromatic heterocycles. The van der Waals surface area contributed by atoms with Crippen molar-refractivity contribution in [3.05, 3.63) is 29.3 Å². The maximum absolute atomic E-state index is 12.1. The quantitative estimate of drug-likeness (QED) is 0.796. The van der Waals surface area contributed by atoms with E-state index in [9.17, 15) is 4.79 Å². The van der Waals surface area contributed by atoms with Gasteiger partial charge in [0.2, 0.25) is 0 Å². The molecule has 0 saturated heterocycles. The summed E-state index contributed by atoms with van der Waals surface area (Å²) in [7, 11) is 1.55. The molecule has 1 atom stereocenters. The monoisotopic (exact) mass is 285 g/mol. The fourth-order valence-corrected chi connectivity index (χ4v) is 2.52. The van der Waals surface area contributed by atoms with Gasteiger partial charge in [0.1, 0.15) is 6.07 Å². The van der Waals surface area contributed by atoms with E-state index in [4.69, 9.17) is 14.7 Å². The van der Waals surface area contributed by atoms with Crippen molar-refractivity contribution in [1.29, 1.82) is 5.26 Å². The van der Waals surface area contributed by atoms with Crippen LogP contribution in [-0.2, 0) is 4.79 Å². The van der Waals surface area contributed by atoms with Gasteiger partial charge in [-0.15, -0.1) is 0 Å². The first-order chi connectivity index (χ1) is 10.2. The third-order valence-corrected chi connectivity index (χ3v) is 3.67. The molecule has 1 aliphatic carbocycles. The first kappa shape index (κ1) is 15.1. The van der Waals surface area contributed by atoms with Gasteiger partial charge in [0, 0.05) is 5.92 Å². The van der Waals surface area contributed by atoms with Crippen LogP contribution >= 0.6 is 0 Å². The molecule has 0 N–H and O–H groups in total. The highest BCUT2D eigenvalue weighted by molar-refractivity contribution is 6.01. The number of nitriles is 1. The molecule has 1 aromatic carbocycles. The van der Waals surface area contributed by atoms with Crippen molar-refractivity contribution in [3.8, 4) is 17.6 Å². The molecule has 1 saturated carbocycles. The zero-order valence-corrected chi connectivity index (χ0v) is 12.4. The maximum atomic E-state index is 12.1. The van der Waals surface area contributed by atoms with Gasteiger partial charge in [0.15, 0.2) is 23.9 Å². The minimum Gasteiger partial charge on any atom is -0.493 e. The molecule has 1 fully saturated rings. The summed E-state index contributed by atoms with van der Waals surface area (Å²) in [5.41, 5.74) is 1.79. The van der Waals surface area contributed by atoms with Crippen LogP contribution in [0.25, 0.3) is 6.08 Å². The number of ketones is 1. The van der Waals surface area contributed by atoms with Crippen LogP contribution < -0.4 is 9.47 Å². The molecular formula is C17H19NO3. The predicted molar refractivity (Wildman–Crippen MR) is 80.1 cm³/mol. The Morgan fingerprint density at radius 1 is 1.43 bits per heavy atom. The molecule has 0 unspecified atom stereocenters. The number of hydrogen-bond acceptors (Lipinski definition) is 4. The second kappa shape index (κ2) is 6.94. The Morgan fingerprint density at radius 2 is 2.24 bits per heavy atom. The standard InChI is InChI=1S/C17H19NO3/c1-12-4-3-5-14(17(12)19)10-13-6-7-15(21-9-8-18)16(11-13)20-2/h6-7,10-12H,3-5,9H2,1-2H3/b14-10+/t12-/m0/s1. The van der Waals surface area contributed by atoms with Crippen LogP contribution in [0.4, 0.5) is 0 Å². The van der Waals surface area contributed by atoms with Crippen molar-refractivity contribution < 1.29 is 14.3 Å². The van der Waals surface area contributed by atoms with Crippen LogP contribution in [0.1, 0.15) is 31.7 Å². The summed E-state index contributed by atoms with van der Waals surface area (Å²) in [6.45, 7) is 1.96. The largest absolute Gasteiger partial charge is 0.493 e. The first-order valence-electron chi connectivity index (χ1n) is 7.08. The van der Waals surface area contributed by atoms with Crippen molar-refractivity contribution >= 4 is 11.9 Å². The Balaban J connectivity index is 2.24. The normalized spacial score (nSPS) is 20.1. The lowest BCUT2D eigenvalue weighted by molar-refractivity contribution is -0.119. The minimum atomic E-state index is -0.0210. The Bertz CT molecular complexity index is 599. The van der Waals surface area contributed by atoms with Gasteiger partial charge in [-0.2, -0.15) is 5.26 Å². The number of allylic oxidation sites excluding steroid dienone is 1. The number of ether oxygens (including phenoxy) is 2. The van der Waals surface area contributed by atoms with Crippen LogP contribution in [-0.4, -0.2) is 19.5 Å². The van der Waals surface area contributed by atoms with Gasteiger partial charge < -0.3 is 9.47 Å². The molecule has 0 spiro atoms. The van der Waals surface area contributed by atoms with Gasteiger partial charge in [-0.25, -0.2) is 0 Å². The molecule has 4 heteroatoms. The Morgan fingerprint density at radius 3 is 2.95 bits per heavy atom. The SMILES string of the molecule is COc1cc(/C=C2\CCC[C@H](C)C2=O)ccc1OCC#N. The van der Waals surface area contributed by atoms with Gasteiger partial charge in [-0.1, -0.05) is 13.0 Å². The molecular weight excluding hydrogens is 266 g/mol. The molecule has 21 heavy (non-hydrogen) atoms. The molecule has 0 amide bonds. The molecule has 0 radical (unpaired) electrons. The topological polar surface area (TPSA) is 59.3 Å². The van der Waals surface area contributed by atoms with Gasteiger partial charge >= 0.3 is 0 Å². The van der Waals surface area contributed by atoms with E-state index in [2.05, 4.69) is 0 Å². The molecule has 0 bridgehead atoms.